The zero-order valence-corrected chi connectivity index (χ0v) is 16.9. The highest BCUT2D eigenvalue weighted by Gasteiger charge is 2.19. The van der Waals surface area contributed by atoms with E-state index < -0.39 is 0 Å². The molecule has 0 unspecified atom stereocenters. The van der Waals surface area contributed by atoms with Crippen molar-refractivity contribution in [2.75, 3.05) is 11.9 Å². The third kappa shape index (κ3) is 4.07. The Morgan fingerprint density at radius 1 is 1.20 bits per heavy atom. The van der Waals surface area contributed by atoms with Gasteiger partial charge in [0, 0.05) is 18.5 Å². The van der Waals surface area contributed by atoms with Gasteiger partial charge in [-0.25, -0.2) is 9.07 Å². The van der Waals surface area contributed by atoms with Crippen molar-refractivity contribution < 1.29 is 8.91 Å². The number of hydrogen-bond acceptors (Lipinski definition) is 7. The molecule has 3 aromatic heterocycles. The minimum Gasteiger partial charge on any atom is -0.356 e. The van der Waals surface area contributed by atoms with E-state index in [0.717, 1.165) is 0 Å². The van der Waals surface area contributed by atoms with Crippen molar-refractivity contribution in [3.63, 3.8) is 0 Å². The Balaban J connectivity index is 1.38. The molecule has 0 spiro atoms. The van der Waals surface area contributed by atoms with Crippen molar-refractivity contribution in [3.05, 3.63) is 52.5 Å². The van der Waals surface area contributed by atoms with E-state index in [4.69, 9.17) is 4.52 Å². The minimum absolute atomic E-state index is 0.237. The van der Waals surface area contributed by atoms with Gasteiger partial charge in [0.05, 0.1) is 11.7 Å². The van der Waals surface area contributed by atoms with Crippen molar-refractivity contribution in [1.29, 1.82) is 0 Å². The molecule has 0 radical (unpaired) electrons. The molecule has 4 rings (SSSR count). The van der Waals surface area contributed by atoms with Crippen LogP contribution in [0.4, 0.5) is 10.3 Å². The molecule has 3 heterocycles. The van der Waals surface area contributed by atoms with E-state index in [0.29, 0.717) is 53.6 Å². The van der Waals surface area contributed by atoms with Gasteiger partial charge in [0.1, 0.15) is 11.2 Å². The quantitative estimate of drug-likeness (QED) is 0.469. The number of anilines is 1. The molecule has 0 saturated carbocycles. The van der Waals surface area contributed by atoms with Crippen LogP contribution in [0.5, 0.6) is 0 Å². The van der Waals surface area contributed by atoms with Crippen molar-refractivity contribution in [2.45, 2.75) is 39.2 Å². The maximum absolute atomic E-state index is 13.0. The van der Waals surface area contributed by atoms with E-state index in [2.05, 4.69) is 30.5 Å². The summed E-state index contributed by atoms with van der Waals surface area (Å²) in [6.45, 7) is 6.55. The van der Waals surface area contributed by atoms with E-state index in [9.17, 15) is 9.18 Å². The number of nitrogens with one attached hydrogen (secondary N) is 2. The van der Waals surface area contributed by atoms with Crippen LogP contribution in [0, 0.1) is 5.82 Å². The molecule has 0 saturated heterocycles. The summed E-state index contributed by atoms with van der Waals surface area (Å²) in [4.78, 5) is 23.9. The highest BCUT2D eigenvalue weighted by Crippen LogP contribution is 2.19. The summed E-state index contributed by atoms with van der Waals surface area (Å²) in [6.07, 6.45) is 2.77. The highest BCUT2D eigenvalue weighted by atomic mass is 19.1. The fourth-order valence-electron chi connectivity index (χ4n) is 3.01. The average molecular weight is 411 g/mol. The Morgan fingerprint density at radius 2 is 1.97 bits per heavy atom. The number of fused-ring (bicyclic) bond motifs is 1. The number of aromatic amines is 1. The summed E-state index contributed by atoms with van der Waals surface area (Å²) >= 11 is 0. The molecule has 0 aliphatic carbocycles. The molecule has 156 valence electrons. The Labute approximate surface area is 171 Å². The molecule has 4 aromatic rings. The highest BCUT2D eigenvalue weighted by molar-refractivity contribution is 5.74. The Bertz CT molecular complexity index is 1220. The molecular formula is C20H22FN7O2. The number of H-pyrrole nitrogens is 1. The van der Waals surface area contributed by atoms with Crippen LogP contribution in [0.3, 0.4) is 0 Å². The number of aryl methyl sites for hydroxylation is 1. The summed E-state index contributed by atoms with van der Waals surface area (Å²) in [6, 6.07) is 5.91. The first-order valence-electron chi connectivity index (χ1n) is 9.62. The lowest BCUT2D eigenvalue weighted by Crippen LogP contribution is -2.24. The van der Waals surface area contributed by atoms with Crippen molar-refractivity contribution >= 4 is 17.0 Å². The van der Waals surface area contributed by atoms with Gasteiger partial charge in [-0.15, -0.1) is 0 Å². The standard InChI is InChI=1S/C20H22FN7O2/c1-20(2,3)28-17-14(11-23-28)18(29)26-19(25-17)22-10-4-5-15-24-16(27-30-15)12-6-8-13(21)9-7-12/h6-9,11H,4-5,10H2,1-3H3,(H2,22,25,26,29). The maximum atomic E-state index is 13.0. The molecule has 0 fully saturated rings. The van der Waals surface area contributed by atoms with Crippen LogP contribution >= 0.6 is 0 Å². The fourth-order valence-corrected chi connectivity index (χ4v) is 3.01. The number of aromatic nitrogens is 6. The van der Waals surface area contributed by atoms with E-state index in [1.165, 1.54) is 18.3 Å². The lowest BCUT2D eigenvalue weighted by Gasteiger charge is -2.19. The van der Waals surface area contributed by atoms with Crippen LogP contribution in [-0.4, -0.2) is 36.4 Å². The van der Waals surface area contributed by atoms with Crippen molar-refractivity contribution in [3.8, 4) is 11.4 Å². The van der Waals surface area contributed by atoms with Gasteiger partial charge < -0.3 is 9.84 Å². The lowest BCUT2D eigenvalue weighted by molar-refractivity contribution is 0.366. The van der Waals surface area contributed by atoms with Crippen LogP contribution in [0.1, 0.15) is 33.1 Å². The summed E-state index contributed by atoms with van der Waals surface area (Å²) in [5.41, 5.74) is 0.698. The molecular weight excluding hydrogens is 389 g/mol. The molecule has 1 aromatic carbocycles. The third-order valence-corrected chi connectivity index (χ3v) is 4.50. The molecule has 0 aliphatic rings. The number of rotatable bonds is 6. The van der Waals surface area contributed by atoms with Crippen LogP contribution in [0.2, 0.25) is 0 Å². The van der Waals surface area contributed by atoms with Crippen molar-refractivity contribution in [1.82, 2.24) is 29.9 Å². The zero-order valence-electron chi connectivity index (χ0n) is 16.9. The second kappa shape index (κ2) is 7.69. The number of nitrogens with zero attached hydrogens (tertiary/aromatic N) is 5. The normalized spacial score (nSPS) is 11.9. The fraction of sp³-hybridized carbons (Fsp3) is 0.350. The SMILES string of the molecule is CC(C)(C)n1ncc2c(=O)[nH]c(NCCCc3nc(-c4ccc(F)cc4)no3)nc21. The molecule has 9 nitrogen and oxygen atoms in total. The molecule has 0 bridgehead atoms. The molecule has 0 atom stereocenters. The zero-order chi connectivity index (χ0) is 21.3. The van der Waals surface area contributed by atoms with Crippen molar-refractivity contribution in [2.24, 2.45) is 0 Å². The molecule has 30 heavy (non-hydrogen) atoms. The van der Waals surface area contributed by atoms with Gasteiger partial charge in [-0.05, 0) is 51.5 Å². The van der Waals surface area contributed by atoms with E-state index >= 15 is 0 Å². The molecule has 2 N–H and O–H groups in total. The Morgan fingerprint density at radius 3 is 2.70 bits per heavy atom. The average Bonchev–Trinajstić information content (AvgIpc) is 3.33. The van der Waals surface area contributed by atoms with Gasteiger partial charge >= 0.3 is 0 Å². The molecule has 10 heteroatoms. The van der Waals surface area contributed by atoms with E-state index in [-0.39, 0.29) is 16.9 Å². The number of hydrogen-bond donors (Lipinski definition) is 2. The summed E-state index contributed by atoms with van der Waals surface area (Å²) in [5, 5.41) is 11.8. The minimum atomic E-state index is -0.316. The maximum Gasteiger partial charge on any atom is 0.263 e. The van der Waals surface area contributed by atoms with Gasteiger partial charge in [-0.3, -0.25) is 9.78 Å². The van der Waals surface area contributed by atoms with E-state index in [1.807, 2.05) is 20.8 Å². The second-order valence-electron chi connectivity index (χ2n) is 7.93. The first-order valence-corrected chi connectivity index (χ1v) is 9.62. The van der Waals surface area contributed by atoms with Gasteiger partial charge in [0.25, 0.3) is 5.56 Å². The Kier molecular flexibility index (Phi) is 5.06. The summed E-state index contributed by atoms with van der Waals surface area (Å²) in [5.74, 6) is 0.976. The largest absolute Gasteiger partial charge is 0.356 e. The van der Waals surface area contributed by atoms with Gasteiger partial charge in [0.2, 0.25) is 17.7 Å². The topological polar surface area (TPSA) is 115 Å². The lowest BCUT2D eigenvalue weighted by atomic mass is 10.1. The van der Waals surface area contributed by atoms with Crippen LogP contribution in [0.15, 0.2) is 39.8 Å². The predicted molar refractivity (Wildman–Crippen MR) is 110 cm³/mol. The van der Waals surface area contributed by atoms with E-state index in [1.54, 1.807) is 16.8 Å². The summed E-state index contributed by atoms with van der Waals surface area (Å²) in [7, 11) is 0. The van der Waals surface area contributed by atoms with Gasteiger partial charge in [0.15, 0.2) is 5.65 Å². The Hall–Kier alpha value is -3.56. The number of halogens is 1. The third-order valence-electron chi connectivity index (χ3n) is 4.50. The first kappa shape index (κ1) is 19.7. The molecule has 0 aliphatic heterocycles. The first-order chi connectivity index (χ1) is 14.3. The van der Waals surface area contributed by atoms with Crippen LogP contribution in [-0.2, 0) is 12.0 Å². The van der Waals surface area contributed by atoms with Gasteiger partial charge in [-0.1, -0.05) is 5.16 Å². The monoisotopic (exact) mass is 411 g/mol. The second-order valence-corrected chi connectivity index (χ2v) is 7.93. The summed E-state index contributed by atoms with van der Waals surface area (Å²) < 4.78 is 20.0. The van der Waals surface area contributed by atoms with Crippen LogP contribution in [0.25, 0.3) is 22.4 Å². The molecule has 0 amide bonds. The van der Waals surface area contributed by atoms with Crippen LogP contribution < -0.4 is 10.9 Å². The predicted octanol–water partition coefficient (Wildman–Crippen LogP) is 3.11. The smallest absolute Gasteiger partial charge is 0.263 e. The van der Waals surface area contributed by atoms with Gasteiger partial charge in [-0.2, -0.15) is 15.1 Å². The number of benzene rings is 1.